The number of fused-ring (bicyclic) bond motifs is 1. The molecule has 0 spiro atoms. The van der Waals surface area contributed by atoms with Gasteiger partial charge >= 0.3 is 0 Å². The second-order valence-corrected chi connectivity index (χ2v) is 8.01. The summed E-state index contributed by atoms with van der Waals surface area (Å²) in [5.74, 6) is -1.26. The number of hydrazine groups is 1. The Morgan fingerprint density at radius 2 is 1.82 bits per heavy atom. The molecule has 3 aromatic rings. The Kier molecular flexibility index (Phi) is 6.92. The minimum Gasteiger partial charge on any atom is -0.272 e. The number of alkyl halides is 1. The standard InChI is InChI=1S/C18H14ClIN4O3S/c19-9-15(25)22-23-16(26)10-28-18-21-14-7-6-11(20)8-13(14)17(27)24(18)12-4-2-1-3-5-12/h1-8H,9-10H2,(H,22,25)(H,23,26). The van der Waals surface area contributed by atoms with Gasteiger partial charge in [-0.1, -0.05) is 30.0 Å². The van der Waals surface area contributed by atoms with Crippen molar-refractivity contribution in [3.8, 4) is 5.69 Å². The molecule has 10 heteroatoms. The van der Waals surface area contributed by atoms with Crippen LogP contribution in [0.25, 0.3) is 16.6 Å². The van der Waals surface area contributed by atoms with Gasteiger partial charge in [0, 0.05) is 3.57 Å². The van der Waals surface area contributed by atoms with Crippen molar-refractivity contribution < 1.29 is 9.59 Å². The molecule has 7 nitrogen and oxygen atoms in total. The van der Waals surface area contributed by atoms with Gasteiger partial charge in [-0.05, 0) is 52.9 Å². The van der Waals surface area contributed by atoms with E-state index in [9.17, 15) is 14.4 Å². The molecular formula is C18H14ClIN4O3S. The van der Waals surface area contributed by atoms with Crippen LogP contribution in [0.2, 0.25) is 0 Å². The lowest BCUT2D eigenvalue weighted by molar-refractivity contribution is -0.126. The number of halogens is 2. The summed E-state index contributed by atoms with van der Waals surface area (Å²) in [5.41, 5.74) is 5.44. The topological polar surface area (TPSA) is 93.1 Å². The first-order chi connectivity index (χ1) is 13.5. The SMILES string of the molecule is O=C(CCl)NNC(=O)CSc1nc2ccc(I)cc2c(=O)n1-c1ccccc1. The van der Waals surface area contributed by atoms with E-state index in [4.69, 9.17) is 11.6 Å². The van der Waals surface area contributed by atoms with E-state index in [1.807, 2.05) is 24.3 Å². The normalized spacial score (nSPS) is 10.6. The number of hydrogen-bond acceptors (Lipinski definition) is 5. The molecule has 28 heavy (non-hydrogen) atoms. The van der Waals surface area contributed by atoms with Gasteiger partial charge in [0.2, 0.25) is 5.91 Å². The third-order valence-electron chi connectivity index (χ3n) is 3.61. The van der Waals surface area contributed by atoms with Crippen LogP contribution in [-0.2, 0) is 9.59 Å². The summed E-state index contributed by atoms with van der Waals surface area (Å²) in [4.78, 5) is 40.8. The van der Waals surface area contributed by atoms with Crippen LogP contribution in [0.3, 0.4) is 0 Å². The average Bonchev–Trinajstić information content (AvgIpc) is 2.71. The number of nitrogens with zero attached hydrogens (tertiary/aromatic N) is 2. The smallest absolute Gasteiger partial charge is 0.266 e. The van der Waals surface area contributed by atoms with Crippen LogP contribution < -0.4 is 16.4 Å². The molecule has 0 aliphatic rings. The van der Waals surface area contributed by atoms with Crippen molar-refractivity contribution in [1.29, 1.82) is 0 Å². The molecule has 0 aliphatic heterocycles. The van der Waals surface area contributed by atoms with Gasteiger partial charge in [0.05, 0.1) is 22.3 Å². The van der Waals surface area contributed by atoms with Crippen LogP contribution in [-0.4, -0.2) is 33.0 Å². The van der Waals surface area contributed by atoms with Crippen LogP contribution in [0.15, 0.2) is 58.5 Å². The van der Waals surface area contributed by atoms with E-state index in [1.165, 1.54) is 4.57 Å². The Morgan fingerprint density at radius 3 is 2.54 bits per heavy atom. The Hall–Kier alpha value is -2.11. The zero-order chi connectivity index (χ0) is 20.1. The van der Waals surface area contributed by atoms with Gasteiger partial charge in [-0.3, -0.25) is 29.8 Å². The maximum absolute atomic E-state index is 13.1. The summed E-state index contributed by atoms with van der Waals surface area (Å²) in [6.07, 6.45) is 0. The molecule has 1 aromatic heterocycles. The van der Waals surface area contributed by atoms with E-state index < -0.39 is 11.8 Å². The number of hydrogen-bond donors (Lipinski definition) is 2. The molecular weight excluding hydrogens is 515 g/mol. The molecule has 2 amide bonds. The highest BCUT2D eigenvalue weighted by Crippen LogP contribution is 2.22. The van der Waals surface area contributed by atoms with Crippen LogP contribution >= 0.6 is 46.0 Å². The minimum absolute atomic E-state index is 0.0439. The molecule has 1 heterocycles. The number of para-hydroxylation sites is 1. The van der Waals surface area contributed by atoms with Crippen molar-refractivity contribution in [3.63, 3.8) is 0 Å². The first-order valence-corrected chi connectivity index (χ1v) is 10.6. The molecule has 2 N–H and O–H groups in total. The fourth-order valence-electron chi connectivity index (χ4n) is 2.38. The predicted molar refractivity (Wildman–Crippen MR) is 118 cm³/mol. The number of carbonyl (C=O) groups is 2. The monoisotopic (exact) mass is 528 g/mol. The largest absolute Gasteiger partial charge is 0.272 e. The Balaban J connectivity index is 1.96. The van der Waals surface area contributed by atoms with E-state index in [1.54, 1.807) is 24.3 Å². The number of aromatic nitrogens is 2. The fourth-order valence-corrected chi connectivity index (χ4v) is 3.75. The van der Waals surface area contributed by atoms with Gasteiger partial charge < -0.3 is 0 Å². The lowest BCUT2D eigenvalue weighted by Gasteiger charge is -2.13. The summed E-state index contributed by atoms with van der Waals surface area (Å²) in [6, 6.07) is 14.5. The van der Waals surface area contributed by atoms with Crippen molar-refractivity contribution in [2.45, 2.75) is 5.16 Å². The Morgan fingerprint density at radius 1 is 1.11 bits per heavy atom. The van der Waals surface area contributed by atoms with E-state index in [0.717, 1.165) is 15.3 Å². The zero-order valence-corrected chi connectivity index (χ0v) is 18.0. The molecule has 0 fully saturated rings. The molecule has 144 valence electrons. The van der Waals surface area contributed by atoms with Crippen molar-refractivity contribution >= 4 is 68.7 Å². The molecule has 2 aromatic carbocycles. The van der Waals surface area contributed by atoms with E-state index in [-0.39, 0.29) is 17.2 Å². The summed E-state index contributed by atoms with van der Waals surface area (Å²) in [6.45, 7) is 0. The molecule has 0 unspecified atom stereocenters. The predicted octanol–water partition coefficient (Wildman–Crippen LogP) is 2.47. The average molecular weight is 529 g/mol. The lowest BCUT2D eigenvalue weighted by Crippen LogP contribution is -2.43. The second kappa shape index (κ2) is 9.39. The van der Waals surface area contributed by atoms with Gasteiger partial charge in [0.15, 0.2) is 5.16 Å². The maximum atomic E-state index is 13.1. The van der Waals surface area contributed by atoms with Crippen molar-refractivity contribution in [1.82, 2.24) is 20.4 Å². The summed E-state index contributed by atoms with van der Waals surface area (Å²) < 4.78 is 2.41. The highest BCUT2D eigenvalue weighted by Gasteiger charge is 2.15. The third-order valence-corrected chi connectivity index (χ3v) is 5.46. The molecule has 3 rings (SSSR count). The lowest BCUT2D eigenvalue weighted by atomic mass is 10.2. The van der Waals surface area contributed by atoms with E-state index in [0.29, 0.717) is 21.7 Å². The van der Waals surface area contributed by atoms with Crippen LogP contribution in [0, 0.1) is 3.57 Å². The maximum Gasteiger partial charge on any atom is 0.266 e. The van der Waals surface area contributed by atoms with Gasteiger partial charge in [0.25, 0.3) is 11.5 Å². The van der Waals surface area contributed by atoms with Crippen molar-refractivity contribution in [2.75, 3.05) is 11.6 Å². The number of thioether (sulfide) groups is 1. The highest BCUT2D eigenvalue weighted by atomic mass is 127. The Labute approximate surface area is 183 Å². The summed E-state index contributed by atoms with van der Waals surface area (Å²) in [7, 11) is 0. The zero-order valence-electron chi connectivity index (χ0n) is 14.3. The first-order valence-electron chi connectivity index (χ1n) is 8.04. The summed E-state index contributed by atoms with van der Waals surface area (Å²) in [5, 5.41) is 0.877. The minimum atomic E-state index is -0.514. The molecule has 0 atom stereocenters. The molecule has 0 saturated carbocycles. The summed E-state index contributed by atoms with van der Waals surface area (Å²) >= 11 is 8.60. The number of benzene rings is 2. The van der Waals surface area contributed by atoms with E-state index in [2.05, 4.69) is 38.4 Å². The van der Waals surface area contributed by atoms with Crippen LogP contribution in [0.1, 0.15) is 0 Å². The van der Waals surface area contributed by atoms with Gasteiger partial charge in [-0.2, -0.15) is 0 Å². The van der Waals surface area contributed by atoms with Crippen molar-refractivity contribution in [3.05, 3.63) is 62.5 Å². The Bertz CT molecular complexity index is 1090. The van der Waals surface area contributed by atoms with Crippen LogP contribution in [0.4, 0.5) is 0 Å². The third kappa shape index (κ3) is 4.83. The van der Waals surface area contributed by atoms with Gasteiger partial charge in [-0.25, -0.2) is 4.98 Å². The number of amides is 2. The first kappa shape index (κ1) is 20.6. The van der Waals surface area contributed by atoms with Crippen molar-refractivity contribution in [2.24, 2.45) is 0 Å². The molecule has 0 radical (unpaired) electrons. The van der Waals surface area contributed by atoms with Crippen LogP contribution in [0.5, 0.6) is 0 Å². The highest BCUT2D eigenvalue weighted by molar-refractivity contribution is 14.1. The number of carbonyl (C=O) groups excluding carboxylic acids is 2. The van der Waals surface area contributed by atoms with Gasteiger partial charge in [0.1, 0.15) is 5.88 Å². The molecule has 0 saturated heterocycles. The second-order valence-electron chi connectivity index (χ2n) is 5.55. The fraction of sp³-hybridized carbons (Fsp3) is 0.111. The number of rotatable bonds is 5. The molecule has 0 aliphatic carbocycles. The number of nitrogens with one attached hydrogen (secondary N) is 2. The molecule has 0 bridgehead atoms. The van der Waals surface area contributed by atoms with E-state index >= 15 is 0 Å². The quantitative estimate of drug-likeness (QED) is 0.175. The van der Waals surface area contributed by atoms with Gasteiger partial charge in [-0.15, -0.1) is 11.6 Å².